The molecule has 0 spiro atoms. The third-order valence-electron chi connectivity index (χ3n) is 2.86. The zero-order valence-corrected chi connectivity index (χ0v) is 13.0. The quantitative estimate of drug-likeness (QED) is 0.834. The highest BCUT2D eigenvalue weighted by atomic mass is 32.2. The van der Waals surface area contributed by atoms with Gasteiger partial charge in [-0.3, -0.25) is 0 Å². The first kappa shape index (κ1) is 15.7. The fourth-order valence-electron chi connectivity index (χ4n) is 1.78. The Morgan fingerprint density at radius 1 is 1.19 bits per heavy atom. The van der Waals surface area contributed by atoms with E-state index in [1.54, 1.807) is 6.92 Å². The van der Waals surface area contributed by atoms with E-state index in [1.165, 1.54) is 23.9 Å². The molecule has 0 atom stereocenters. The Balaban J connectivity index is 2.32. The van der Waals surface area contributed by atoms with Crippen LogP contribution in [0.5, 0.6) is 0 Å². The molecule has 0 bridgehead atoms. The van der Waals surface area contributed by atoms with Crippen molar-refractivity contribution in [2.45, 2.75) is 37.1 Å². The Morgan fingerprint density at radius 3 is 2.62 bits per heavy atom. The number of nitrogens with zero attached hydrogens (tertiary/aromatic N) is 2. The fraction of sp³-hybridized carbons (Fsp3) is 0.333. The normalized spacial score (nSPS) is 10.7. The van der Waals surface area contributed by atoms with Gasteiger partial charge in [-0.15, -0.1) is 0 Å². The van der Waals surface area contributed by atoms with Crippen LogP contribution >= 0.6 is 11.8 Å². The topological polar surface area (TPSA) is 37.8 Å². The van der Waals surface area contributed by atoms with E-state index in [0.717, 1.165) is 30.4 Å². The second kappa shape index (κ2) is 6.85. The zero-order chi connectivity index (χ0) is 15.4. The predicted molar refractivity (Wildman–Crippen MR) is 80.8 cm³/mol. The average Bonchev–Trinajstić information content (AvgIpc) is 2.43. The van der Waals surface area contributed by atoms with Crippen LogP contribution < -0.4 is 5.32 Å². The van der Waals surface area contributed by atoms with Gasteiger partial charge in [0.2, 0.25) is 0 Å². The second-order valence-electron chi connectivity index (χ2n) is 4.65. The lowest BCUT2D eigenvalue weighted by Crippen LogP contribution is -2.07. The van der Waals surface area contributed by atoms with Crippen LogP contribution in [0.4, 0.5) is 14.6 Å². The molecule has 0 saturated heterocycles. The van der Waals surface area contributed by atoms with Gasteiger partial charge in [0.15, 0.2) is 0 Å². The Bertz CT molecular complexity index is 647. The summed E-state index contributed by atoms with van der Waals surface area (Å²) in [5, 5.41) is 3.91. The van der Waals surface area contributed by atoms with Crippen molar-refractivity contribution in [3.05, 3.63) is 41.2 Å². The van der Waals surface area contributed by atoms with Crippen molar-refractivity contribution in [3.8, 4) is 0 Å². The molecule has 1 aromatic heterocycles. The Hall–Kier alpha value is -1.69. The molecular formula is C15H17F2N3S. The molecule has 1 N–H and O–H groups in total. The first-order valence-electron chi connectivity index (χ1n) is 6.73. The van der Waals surface area contributed by atoms with Crippen LogP contribution in [0, 0.1) is 25.5 Å². The molecule has 0 fully saturated rings. The highest BCUT2D eigenvalue weighted by molar-refractivity contribution is 7.99. The standard InChI is InChI=1S/C15H17F2N3S/c1-4-7-18-14-9(2)15(20-10(3)19-14)21-13-6-5-11(16)8-12(13)17/h5-6,8H,4,7H2,1-3H3,(H,18,19,20). The minimum atomic E-state index is -0.585. The molecule has 112 valence electrons. The van der Waals surface area contributed by atoms with Crippen molar-refractivity contribution in [1.29, 1.82) is 0 Å². The number of halogens is 2. The van der Waals surface area contributed by atoms with Crippen LogP contribution in [0.15, 0.2) is 28.1 Å². The molecule has 2 aromatic rings. The van der Waals surface area contributed by atoms with Crippen LogP contribution in [0.2, 0.25) is 0 Å². The van der Waals surface area contributed by atoms with Crippen molar-refractivity contribution < 1.29 is 8.78 Å². The number of nitrogens with one attached hydrogen (secondary N) is 1. The van der Waals surface area contributed by atoms with Crippen molar-refractivity contribution in [3.63, 3.8) is 0 Å². The van der Waals surface area contributed by atoms with Crippen molar-refractivity contribution >= 4 is 17.6 Å². The first-order chi connectivity index (χ1) is 10.0. The molecule has 0 saturated carbocycles. The summed E-state index contributed by atoms with van der Waals surface area (Å²) in [5.74, 6) is 0.204. The summed E-state index contributed by atoms with van der Waals surface area (Å²) in [6.45, 7) is 6.56. The third-order valence-corrected chi connectivity index (χ3v) is 4.00. The molecule has 1 aromatic carbocycles. The molecule has 1 heterocycles. The summed E-state index contributed by atoms with van der Waals surface area (Å²) in [6.07, 6.45) is 0.984. The predicted octanol–water partition coefficient (Wildman–Crippen LogP) is 4.34. The van der Waals surface area contributed by atoms with Crippen LogP contribution in [0.25, 0.3) is 0 Å². The number of aromatic nitrogens is 2. The minimum Gasteiger partial charge on any atom is -0.370 e. The number of rotatable bonds is 5. The maximum absolute atomic E-state index is 13.8. The SMILES string of the molecule is CCCNc1nc(C)nc(Sc2ccc(F)cc2F)c1C. The van der Waals surface area contributed by atoms with E-state index in [-0.39, 0.29) is 0 Å². The van der Waals surface area contributed by atoms with Crippen LogP contribution in [0.3, 0.4) is 0 Å². The number of hydrogen-bond donors (Lipinski definition) is 1. The largest absolute Gasteiger partial charge is 0.370 e. The van der Waals surface area contributed by atoms with E-state index >= 15 is 0 Å². The van der Waals surface area contributed by atoms with E-state index < -0.39 is 11.6 Å². The zero-order valence-electron chi connectivity index (χ0n) is 12.2. The molecule has 2 rings (SSSR count). The number of anilines is 1. The Morgan fingerprint density at radius 2 is 1.95 bits per heavy atom. The van der Waals surface area contributed by atoms with Gasteiger partial charge in [-0.05, 0) is 32.4 Å². The van der Waals surface area contributed by atoms with Gasteiger partial charge in [-0.1, -0.05) is 18.7 Å². The van der Waals surface area contributed by atoms with Crippen molar-refractivity contribution in [1.82, 2.24) is 9.97 Å². The lowest BCUT2D eigenvalue weighted by Gasteiger charge is -2.12. The lowest BCUT2D eigenvalue weighted by atomic mass is 10.3. The second-order valence-corrected chi connectivity index (χ2v) is 5.68. The summed E-state index contributed by atoms with van der Waals surface area (Å²) in [6, 6.07) is 3.54. The molecule has 0 aliphatic carbocycles. The van der Waals surface area contributed by atoms with Gasteiger partial charge < -0.3 is 5.32 Å². The van der Waals surface area contributed by atoms with Crippen LogP contribution in [-0.2, 0) is 0 Å². The molecule has 0 amide bonds. The smallest absolute Gasteiger partial charge is 0.140 e. The summed E-state index contributed by atoms with van der Waals surface area (Å²) in [7, 11) is 0. The minimum absolute atomic E-state index is 0.346. The Kier molecular flexibility index (Phi) is 5.12. The van der Waals surface area contributed by atoms with Gasteiger partial charge in [-0.25, -0.2) is 18.7 Å². The monoisotopic (exact) mass is 309 g/mol. The van der Waals surface area contributed by atoms with E-state index in [0.29, 0.717) is 15.7 Å². The first-order valence-corrected chi connectivity index (χ1v) is 7.55. The van der Waals surface area contributed by atoms with Crippen molar-refractivity contribution in [2.75, 3.05) is 11.9 Å². The van der Waals surface area contributed by atoms with Gasteiger partial charge in [0.25, 0.3) is 0 Å². The average molecular weight is 309 g/mol. The molecule has 6 heteroatoms. The molecule has 0 aliphatic heterocycles. The molecular weight excluding hydrogens is 292 g/mol. The highest BCUT2D eigenvalue weighted by Gasteiger charge is 2.13. The Labute approximate surface area is 127 Å². The molecule has 0 aliphatic rings. The number of aryl methyl sites for hydroxylation is 1. The summed E-state index contributed by atoms with van der Waals surface area (Å²) >= 11 is 1.18. The number of hydrogen-bond acceptors (Lipinski definition) is 4. The maximum atomic E-state index is 13.8. The molecule has 21 heavy (non-hydrogen) atoms. The van der Waals surface area contributed by atoms with E-state index in [1.807, 2.05) is 6.92 Å². The summed E-state index contributed by atoms with van der Waals surface area (Å²) < 4.78 is 26.7. The lowest BCUT2D eigenvalue weighted by molar-refractivity contribution is 0.565. The number of benzene rings is 1. The van der Waals surface area contributed by atoms with Gasteiger partial charge in [-0.2, -0.15) is 0 Å². The summed E-state index contributed by atoms with van der Waals surface area (Å²) in [4.78, 5) is 9.06. The fourth-order valence-corrected chi connectivity index (χ4v) is 2.71. The third kappa shape index (κ3) is 3.91. The van der Waals surface area contributed by atoms with Gasteiger partial charge >= 0.3 is 0 Å². The maximum Gasteiger partial charge on any atom is 0.140 e. The van der Waals surface area contributed by atoms with E-state index in [9.17, 15) is 8.78 Å². The van der Waals surface area contributed by atoms with E-state index in [2.05, 4.69) is 22.2 Å². The van der Waals surface area contributed by atoms with Gasteiger partial charge in [0, 0.05) is 23.1 Å². The molecule has 0 unspecified atom stereocenters. The van der Waals surface area contributed by atoms with E-state index in [4.69, 9.17) is 0 Å². The van der Waals surface area contributed by atoms with Crippen molar-refractivity contribution in [2.24, 2.45) is 0 Å². The summed E-state index contributed by atoms with van der Waals surface area (Å²) in [5.41, 5.74) is 0.864. The highest BCUT2D eigenvalue weighted by Crippen LogP contribution is 2.33. The molecule has 3 nitrogen and oxygen atoms in total. The van der Waals surface area contributed by atoms with Crippen LogP contribution in [0.1, 0.15) is 24.7 Å². The molecule has 0 radical (unpaired) electrons. The van der Waals surface area contributed by atoms with Gasteiger partial charge in [0.05, 0.1) is 0 Å². The van der Waals surface area contributed by atoms with Gasteiger partial charge in [0.1, 0.15) is 28.3 Å². The van der Waals surface area contributed by atoms with Crippen LogP contribution in [-0.4, -0.2) is 16.5 Å².